The van der Waals surface area contributed by atoms with Gasteiger partial charge in [-0.05, 0) is 13.8 Å². The lowest BCUT2D eigenvalue weighted by Gasteiger charge is -2.37. The number of morpholine rings is 1. The van der Waals surface area contributed by atoms with Crippen LogP contribution in [0.25, 0.3) is 0 Å². The van der Waals surface area contributed by atoms with Gasteiger partial charge in [-0.1, -0.05) is 0 Å². The van der Waals surface area contributed by atoms with Gasteiger partial charge in [0.1, 0.15) is 0 Å². The second-order valence-electron chi connectivity index (χ2n) is 4.88. The Labute approximate surface area is 127 Å². The fraction of sp³-hybridized carbons (Fsp3) is 0.692. The summed E-state index contributed by atoms with van der Waals surface area (Å²) in [5.74, 6) is 1.31. The fourth-order valence-corrected chi connectivity index (χ4v) is 3.59. The van der Waals surface area contributed by atoms with Crippen LogP contribution in [0.1, 0.15) is 17.6 Å². The minimum atomic E-state index is -0.249. The Morgan fingerprint density at radius 1 is 1.70 bits per heavy atom. The number of aromatic nitrogens is 1. The lowest BCUT2D eigenvalue weighted by atomic mass is 10.2. The molecule has 1 fully saturated rings. The molecule has 0 aliphatic carbocycles. The highest BCUT2D eigenvalue weighted by Crippen LogP contribution is 2.18. The van der Waals surface area contributed by atoms with Crippen molar-refractivity contribution in [2.45, 2.75) is 31.7 Å². The number of carbonyl (C=O) groups is 1. The van der Waals surface area contributed by atoms with Crippen LogP contribution in [0, 0.1) is 6.92 Å². The Morgan fingerprint density at radius 2 is 2.50 bits per heavy atom. The van der Waals surface area contributed by atoms with E-state index in [1.165, 1.54) is 0 Å². The van der Waals surface area contributed by atoms with Gasteiger partial charge in [-0.2, -0.15) is 0 Å². The molecule has 2 heterocycles. The zero-order valence-corrected chi connectivity index (χ0v) is 13.4. The van der Waals surface area contributed by atoms with E-state index in [0.717, 1.165) is 16.5 Å². The van der Waals surface area contributed by atoms with Crippen LogP contribution in [0.15, 0.2) is 5.38 Å². The number of aliphatic hydroxyl groups excluding tert-OH is 1. The van der Waals surface area contributed by atoms with Crippen molar-refractivity contribution in [3.8, 4) is 0 Å². The van der Waals surface area contributed by atoms with Crippen molar-refractivity contribution in [2.24, 2.45) is 0 Å². The molecule has 0 aromatic carbocycles. The molecule has 7 heteroatoms. The maximum absolute atomic E-state index is 12.2. The number of hydrogen-bond donors (Lipinski definition) is 1. The molecule has 1 saturated heterocycles. The van der Waals surface area contributed by atoms with E-state index in [1.54, 1.807) is 23.1 Å². The Bertz CT molecular complexity index is 453. The van der Waals surface area contributed by atoms with Gasteiger partial charge in [-0.3, -0.25) is 4.79 Å². The number of thioether (sulfide) groups is 1. The Balaban J connectivity index is 1.78. The third-order valence-corrected chi connectivity index (χ3v) is 4.94. The van der Waals surface area contributed by atoms with Crippen molar-refractivity contribution in [3.05, 3.63) is 16.1 Å². The van der Waals surface area contributed by atoms with E-state index in [1.807, 2.05) is 24.1 Å². The van der Waals surface area contributed by atoms with E-state index < -0.39 is 0 Å². The van der Waals surface area contributed by atoms with Gasteiger partial charge in [0.25, 0.3) is 0 Å². The molecule has 0 bridgehead atoms. The second-order valence-corrected chi connectivity index (χ2v) is 6.93. The first-order valence-electron chi connectivity index (χ1n) is 6.61. The maximum Gasteiger partial charge on any atom is 0.232 e. The van der Waals surface area contributed by atoms with Crippen molar-refractivity contribution >= 4 is 29.0 Å². The van der Waals surface area contributed by atoms with E-state index in [-0.39, 0.29) is 24.7 Å². The molecule has 2 atom stereocenters. The first-order chi connectivity index (χ1) is 9.60. The zero-order valence-electron chi connectivity index (χ0n) is 11.7. The van der Waals surface area contributed by atoms with Crippen LogP contribution in [0.3, 0.4) is 0 Å². The van der Waals surface area contributed by atoms with Crippen molar-refractivity contribution in [1.82, 2.24) is 9.88 Å². The molecule has 1 N–H and O–H groups in total. The minimum Gasteiger partial charge on any atom is -0.394 e. The molecule has 5 nitrogen and oxygen atoms in total. The molecule has 2 unspecified atom stereocenters. The predicted molar refractivity (Wildman–Crippen MR) is 81.0 cm³/mol. The molecule has 0 radical (unpaired) electrons. The summed E-state index contributed by atoms with van der Waals surface area (Å²) in [5.41, 5.74) is 1.04. The van der Waals surface area contributed by atoms with Crippen LogP contribution >= 0.6 is 23.1 Å². The smallest absolute Gasteiger partial charge is 0.232 e. The zero-order chi connectivity index (χ0) is 14.5. The van der Waals surface area contributed by atoms with Crippen molar-refractivity contribution in [3.63, 3.8) is 0 Å². The number of aryl methyl sites for hydroxylation is 1. The molecule has 0 spiro atoms. The van der Waals surface area contributed by atoms with Gasteiger partial charge in [0.2, 0.25) is 5.91 Å². The Kier molecular flexibility index (Phi) is 5.83. The fourth-order valence-electron chi connectivity index (χ4n) is 2.08. The molecule has 1 aromatic rings. The van der Waals surface area contributed by atoms with Gasteiger partial charge in [0.05, 0.1) is 41.8 Å². The topological polar surface area (TPSA) is 62.7 Å². The Morgan fingerprint density at radius 3 is 3.15 bits per heavy atom. The van der Waals surface area contributed by atoms with Crippen molar-refractivity contribution < 1.29 is 14.6 Å². The standard InChI is InChI=1S/C13H20N2O3S2/c1-9-5-18-12(4-16)3-15(9)13(17)8-19-6-11-7-20-10(2)14-11/h7,9,12,16H,3-6,8H2,1-2H3. The monoisotopic (exact) mass is 316 g/mol. The van der Waals surface area contributed by atoms with E-state index >= 15 is 0 Å². The van der Waals surface area contributed by atoms with Crippen LogP contribution in [0.5, 0.6) is 0 Å². The predicted octanol–water partition coefficient (Wildman–Crippen LogP) is 1.29. The van der Waals surface area contributed by atoms with Crippen molar-refractivity contribution in [2.75, 3.05) is 25.5 Å². The second kappa shape index (κ2) is 7.40. The van der Waals surface area contributed by atoms with E-state index in [9.17, 15) is 4.79 Å². The normalized spacial score (nSPS) is 23.1. The minimum absolute atomic E-state index is 0.0399. The van der Waals surface area contributed by atoms with Crippen LogP contribution in [0.2, 0.25) is 0 Å². The molecule has 0 saturated carbocycles. The van der Waals surface area contributed by atoms with Gasteiger partial charge in [-0.25, -0.2) is 4.98 Å². The number of rotatable bonds is 5. The molecular formula is C13H20N2O3S2. The average Bonchev–Trinajstić information content (AvgIpc) is 2.85. The van der Waals surface area contributed by atoms with E-state index in [4.69, 9.17) is 9.84 Å². The maximum atomic E-state index is 12.2. The largest absolute Gasteiger partial charge is 0.394 e. The summed E-state index contributed by atoms with van der Waals surface area (Å²) in [6.45, 7) is 4.88. The number of carbonyl (C=O) groups excluding carboxylic acids is 1. The van der Waals surface area contributed by atoms with Crippen LogP contribution < -0.4 is 0 Å². The highest BCUT2D eigenvalue weighted by atomic mass is 32.2. The molecule has 112 valence electrons. The lowest BCUT2D eigenvalue weighted by molar-refractivity contribution is -0.143. The Hall–Kier alpha value is -0.630. The first kappa shape index (κ1) is 15.8. The molecule has 1 aliphatic rings. The van der Waals surface area contributed by atoms with E-state index in [2.05, 4.69) is 4.98 Å². The molecule has 1 amide bonds. The van der Waals surface area contributed by atoms with Gasteiger partial charge < -0.3 is 14.7 Å². The molecule has 1 aliphatic heterocycles. The third-order valence-electron chi connectivity index (χ3n) is 3.17. The van der Waals surface area contributed by atoms with Gasteiger partial charge in [0.15, 0.2) is 0 Å². The third kappa shape index (κ3) is 4.18. The molecule has 2 rings (SSSR count). The summed E-state index contributed by atoms with van der Waals surface area (Å²) in [4.78, 5) is 18.4. The van der Waals surface area contributed by atoms with Crippen LogP contribution in [-0.2, 0) is 15.3 Å². The molecular weight excluding hydrogens is 296 g/mol. The number of nitrogens with zero attached hydrogens (tertiary/aromatic N) is 2. The first-order valence-corrected chi connectivity index (χ1v) is 8.64. The molecule has 1 aromatic heterocycles. The highest BCUT2D eigenvalue weighted by molar-refractivity contribution is 7.99. The summed E-state index contributed by atoms with van der Waals surface area (Å²) in [6.07, 6.45) is -0.249. The molecule has 20 heavy (non-hydrogen) atoms. The van der Waals surface area contributed by atoms with Crippen LogP contribution in [0.4, 0.5) is 0 Å². The number of aliphatic hydroxyl groups is 1. The number of thiazole rings is 1. The van der Waals surface area contributed by atoms with Gasteiger partial charge >= 0.3 is 0 Å². The SMILES string of the molecule is Cc1nc(CSCC(=O)N2CC(CO)OCC2C)cs1. The van der Waals surface area contributed by atoms with Gasteiger partial charge in [-0.15, -0.1) is 23.1 Å². The van der Waals surface area contributed by atoms with Crippen LogP contribution in [-0.4, -0.2) is 58.6 Å². The average molecular weight is 316 g/mol. The van der Waals surface area contributed by atoms with E-state index in [0.29, 0.717) is 18.9 Å². The summed E-state index contributed by atoms with van der Waals surface area (Å²) in [6, 6.07) is 0.0763. The summed E-state index contributed by atoms with van der Waals surface area (Å²) >= 11 is 3.21. The number of amides is 1. The summed E-state index contributed by atoms with van der Waals surface area (Å²) in [7, 11) is 0. The number of ether oxygens (including phenoxy) is 1. The number of hydrogen-bond acceptors (Lipinski definition) is 6. The van der Waals surface area contributed by atoms with Crippen molar-refractivity contribution in [1.29, 1.82) is 0 Å². The van der Waals surface area contributed by atoms with Gasteiger partial charge in [0, 0.05) is 17.7 Å². The quantitative estimate of drug-likeness (QED) is 0.887. The lowest BCUT2D eigenvalue weighted by Crippen LogP contribution is -2.52. The highest BCUT2D eigenvalue weighted by Gasteiger charge is 2.28. The summed E-state index contributed by atoms with van der Waals surface area (Å²) < 4.78 is 5.44. The summed E-state index contributed by atoms with van der Waals surface area (Å²) in [5, 5.41) is 12.2.